The standard InChI is InChI=1S/C56H65ClN10O13S2/c1-54(2,3)78-51(72)56(7,8)80-65-44(39-31-81-52(62-39)64-53(73)79-55(4,5)6)49(71)63-43-38(61-48(43)70)25-59-47(69)41-26-60-50(82-41)34-27-66(9)67(28-34)24-12-23-58-46(68)37-21-22-40(76-29-32-13-17-35(74-10)18-14-32)45(42(37)57)77-30-33-15-19-36(75-11)20-16-33/h13-22,26-28,31,38,43H,12,23-25,29-30H2,1-11H3,(H4-,58,59,61,62,63,64,68,69,70,71,73)/p+1/b65-44-/t38-,43+/m1/s1. The second kappa shape index (κ2) is 26.5. The molecule has 3 aromatic heterocycles. The van der Waals surface area contributed by atoms with Crippen molar-refractivity contribution in [1.82, 2.24) is 35.9 Å². The minimum absolute atomic E-state index is 0.0484. The van der Waals surface area contributed by atoms with Gasteiger partial charge in [0.05, 0.1) is 55.3 Å². The smallest absolute Gasteiger partial charge is 0.413 e. The molecule has 0 bridgehead atoms. The molecule has 0 spiro atoms. The Morgan fingerprint density at radius 1 is 0.841 bits per heavy atom. The van der Waals surface area contributed by atoms with Crippen molar-refractivity contribution < 1.29 is 66.7 Å². The van der Waals surface area contributed by atoms with Crippen molar-refractivity contribution in [1.29, 1.82) is 0 Å². The summed E-state index contributed by atoms with van der Waals surface area (Å²) in [7, 11) is 5.05. The minimum atomic E-state index is -1.67. The van der Waals surface area contributed by atoms with Crippen molar-refractivity contribution in [3.8, 4) is 33.6 Å². The Labute approximate surface area is 486 Å². The lowest BCUT2D eigenvalue weighted by atomic mass is 9.98. The SMILES string of the molecule is COc1ccc(COc2ccc(C(=O)NCCCn3cc(-c4ncc(C(=O)NC[C@H]5NC(=O)[C@H]5NC(=O)/C(=N\OC(C)(C)C(=O)OC(C)(C)C)c5csc(NC(=O)OC(C)(C)C)n5)s4)c[n+]3C)c(Cl)c2OCc2ccc(OC)cc2)cc1. The molecular weight excluding hydrogens is 1120 g/mol. The van der Waals surface area contributed by atoms with Crippen LogP contribution < -0.4 is 50.2 Å². The quantitative estimate of drug-likeness (QED) is 0.0101. The summed E-state index contributed by atoms with van der Waals surface area (Å²) in [5.74, 6) is -1.04. The number of ether oxygens (including phenoxy) is 6. The molecule has 4 heterocycles. The van der Waals surface area contributed by atoms with Crippen molar-refractivity contribution in [2.45, 2.75) is 110 Å². The van der Waals surface area contributed by atoms with Crippen LogP contribution in [0.4, 0.5) is 9.93 Å². The fourth-order valence-corrected chi connectivity index (χ4v) is 9.36. The number of hydrogen-bond donors (Lipinski definition) is 5. The topological polar surface area (TPSA) is 274 Å². The van der Waals surface area contributed by atoms with Gasteiger partial charge in [-0.3, -0.25) is 24.5 Å². The Morgan fingerprint density at radius 3 is 2.11 bits per heavy atom. The van der Waals surface area contributed by atoms with Crippen LogP contribution in [0.3, 0.4) is 0 Å². The van der Waals surface area contributed by atoms with Gasteiger partial charge in [-0.2, -0.15) is 4.68 Å². The van der Waals surface area contributed by atoms with Crippen molar-refractivity contribution in [3.63, 3.8) is 0 Å². The molecular formula is C56H66ClN10O13S2+. The Balaban J connectivity index is 0.931. The highest BCUT2D eigenvalue weighted by molar-refractivity contribution is 7.17. The number of hydrogen-bond acceptors (Lipinski definition) is 18. The molecule has 0 unspecified atom stereocenters. The van der Waals surface area contributed by atoms with E-state index in [-0.39, 0.29) is 46.9 Å². The van der Waals surface area contributed by atoms with Gasteiger partial charge in [-0.25, -0.2) is 19.6 Å². The van der Waals surface area contributed by atoms with Crippen LogP contribution in [0.1, 0.15) is 98.7 Å². The molecule has 1 fully saturated rings. The average Bonchev–Trinajstić information content (AvgIpc) is 4.26. The number of anilines is 1. The molecule has 1 saturated heterocycles. The summed E-state index contributed by atoms with van der Waals surface area (Å²) in [6.07, 6.45) is 4.97. The first kappa shape index (κ1) is 61.3. The number of oxime groups is 1. The fraction of sp³-hybridized carbons (Fsp3) is 0.393. The summed E-state index contributed by atoms with van der Waals surface area (Å²) >= 11 is 9.04. The van der Waals surface area contributed by atoms with Crippen molar-refractivity contribution in [2.75, 3.05) is 32.6 Å². The van der Waals surface area contributed by atoms with Crippen molar-refractivity contribution in [3.05, 3.63) is 117 Å². The first-order valence-corrected chi connectivity index (χ1v) is 27.9. The number of carbonyl (C=O) groups excluding carboxylic acids is 6. The number of aromatic nitrogens is 4. The summed E-state index contributed by atoms with van der Waals surface area (Å²) in [5.41, 5.74) is -1.08. The Morgan fingerprint density at radius 2 is 1.49 bits per heavy atom. The molecule has 7 rings (SSSR count). The lowest BCUT2D eigenvalue weighted by molar-refractivity contribution is -0.753. The number of rotatable bonds is 24. The highest BCUT2D eigenvalue weighted by Gasteiger charge is 2.42. The van der Waals surface area contributed by atoms with E-state index in [4.69, 9.17) is 44.9 Å². The highest BCUT2D eigenvalue weighted by atomic mass is 35.5. The summed E-state index contributed by atoms with van der Waals surface area (Å²) in [6.45, 7) is 14.1. The van der Waals surface area contributed by atoms with Crippen LogP contribution in [0.2, 0.25) is 5.02 Å². The first-order chi connectivity index (χ1) is 38.8. The number of esters is 1. The van der Waals surface area contributed by atoms with Gasteiger partial charge in [-0.05, 0) is 109 Å². The summed E-state index contributed by atoms with van der Waals surface area (Å²) in [4.78, 5) is 94.0. The second-order valence-electron chi connectivity index (χ2n) is 21.1. The van der Waals surface area contributed by atoms with Gasteiger partial charge in [0.15, 0.2) is 29.4 Å². The molecule has 1 aliphatic heterocycles. The molecule has 23 nitrogen and oxygen atoms in total. The van der Waals surface area contributed by atoms with E-state index in [1.165, 1.54) is 25.4 Å². The maximum atomic E-state index is 13.9. The maximum absolute atomic E-state index is 13.9. The van der Waals surface area contributed by atoms with Gasteiger partial charge >= 0.3 is 12.1 Å². The third kappa shape index (κ3) is 16.7. The van der Waals surface area contributed by atoms with E-state index in [1.807, 2.05) is 77.3 Å². The molecule has 436 valence electrons. The van der Waals surface area contributed by atoms with Gasteiger partial charge in [0.2, 0.25) is 17.7 Å². The third-order valence-corrected chi connectivity index (χ3v) is 14.0. The number of benzene rings is 3. The fourth-order valence-electron chi connectivity index (χ4n) is 7.58. The van der Waals surface area contributed by atoms with Crippen LogP contribution in [0, 0.1) is 0 Å². The normalized spacial score (nSPS) is 14.3. The largest absolute Gasteiger partial charge is 0.497 e. The molecule has 5 amide bonds. The van der Waals surface area contributed by atoms with E-state index in [1.54, 1.807) is 67.9 Å². The number of carbonyl (C=O) groups is 6. The highest BCUT2D eigenvalue weighted by Crippen LogP contribution is 2.39. The van der Waals surface area contributed by atoms with Gasteiger partial charge in [0, 0.05) is 18.5 Å². The molecule has 0 radical (unpaired) electrons. The van der Waals surface area contributed by atoms with Gasteiger partial charge in [-0.1, -0.05) is 41.0 Å². The predicted molar refractivity (Wildman–Crippen MR) is 305 cm³/mol. The van der Waals surface area contributed by atoms with Gasteiger partial charge in [0.25, 0.3) is 17.7 Å². The zero-order valence-corrected chi connectivity index (χ0v) is 49.6. The molecule has 82 heavy (non-hydrogen) atoms. The van der Waals surface area contributed by atoms with E-state index < -0.39 is 70.3 Å². The lowest BCUT2D eigenvalue weighted by Gasteiger charge is -2.37. The molecule has 2 atom stereocenters. The third-order valence-electron chi connectivity index (χ3n) is 11.9. The number of methoxy groups -OCH3 is 2. The number of aryl methyl sites for hydroxylation is 2. The number of β-lactam (4-membered cyclic amide) rings is 1. The summed E-state index contributed by atoms with van der Waals surface area (Å²) < 4.78 is 37.5. The van der Waals surface area contributed by atoms with Gasteiger partial charge < -0.3 is 54.5 Å². The van der Waals surface area contributed by atoms with E-state index >= 15 is 0 Å². The zero-order chi connectivity index (χ0) is 59.5. The Hall–Kier alpha value is -8.29. The summed E-state index contributed by atoms with van der Waals surface area (Å²) in [5, 5.41) is 19.8. The number of nitrogens with one attached hydrogen (secondary N) is 5. The van der Waals surface area contributed by atoms with Crippen LogP contribution in [-0.4, -0.2) is 112 Å². The Kier molecular flexibility index (Phi) is 19.8. The van der Waals surface area contributed by atoms with Crippen molar-refractivity contribution in [2.24, 2.45) is 12.2 Å². The molecule has 3 aromatic carbocycles. The molecule has 5 N–H and O–H groups in total. The van der Waals surface area contributed by atoms with Gasteiger partial charge in [0.1, 0.15) is 57.5 Å². The Bertz CT molecular complexity index is 3310. The number of thiazole rings is 2. The van der Waals surface area contributed by atoms with E-state index in [0.717, 1.165) is 45.1 Å². The van der Waals surface area contributed by atoms with Crippen LogP contribution in [0.25, 0.3) is 10.6 Å². The first-order valence-electron chi connectivity index (χ1n) is 25.8. The number of nitrogens with zero attached hydrogens (tertiary/aromatic N) is 5. The number of halogens is 1. The molecule has 26 heteroatoms. The van der Waals surface area contributed by atoms with Crippen molar-refractivity contribution >= 4 is 80.8 Å². The van der Waals surface area contributed by atoms with Crippen LogP contribution >= 0.6 is 34.3 Å². The lowest BCUT2D eigenvalue weighted by Crippen LogP contribution is -2.72. The van der Waals surface area contributed by atoms with E-state index in [0.29, 0.717) is 40.9 Å². The van der Waals surface area contributed by atoms with Gasteiger partial charge in [-0.15, -0.1) is 27.4 Å². The predicted octanol–water partition coefficient (Wildman–Crippen LogP) is 7.14. The average molecular weight is 1190 g/mol. The zero-order valence-electron chi connectivity index (χ0n) is 47.2. The monoisotopic (exact) mass is 1190 g/mol. The molecule has 6 aromatic rings. The molecule has 1 aliphatic rings. The minimum Gasteiger partial charge on any atom is -0.497 e. The van der Waals surface area contributed by atoms with Crippen LogP contribution in [0.5, 0.6) is 23.0 Å². The van der Waals surface area contributed by atoms with E-state index in [9.17, 15) is 28.8 Å². The molecule has 0 saturated carbocycles. The van der Waals surface area contributed by atoms with Crippen LogP contribution in [-0.2, 0) is 55.5 Å². The second-order valence-corrected chi connectivity index (χ2v) is 23.4. The van der Waals surface area contributed by atoms with E-state index in [2.05, 4.69) is 41.7 Å². The summed E-state index contributed by atoms with van der Waals surface area (Å²) in [6, 6.07) is 16.3. The molecule has 0 aliphatic carbocycles. The maximum Gasteiger partial charge on any atom is 0.413 e. The number of amides is 5. The van der Waals surface area contributed by atoms with Crippen LogP contribution in [0.15, 0.2) is 89.8 Å².